The number of likely N-dealkylation sites (tertiary alicyclic amines) is 1. The lowest BCUT2D eigenvalue weighted by Gasteiger charge is -2.38. The molecule has 0 radical (unpaired) electrons. The highest BCUT2D eigenvalue weighted by atomic mass is 16.5. The van der Waals surface area contributed by atoms with Crippen LogP contribution in [0, 0.1) is 5.92 Å². The van der Waals surface area contributed by atoms with E-state index in [0.29, 0.717) is 18.4 Å². The minimum Gasteiger partial charge on any atom is -0.497 e. The fourth-order valence-corrected chi connectivity index (χ4v) is 4.13. The topological polar surface area (TPSA) is 54.7 Å². The van der Waals surface area contributed by atoms with E-state index in [4.69, 9.17) is 9.15 Å². The van der Waals surface area contributed by atoms with Crippen molar-refractivity contribution in [2.24, 2.45) is 5.92 Å². The number of benzene rings is 1. The van der Waals surface area contributed by atoms with Gasteiger partial charge >= 0.3 is 0 Å². The largest absolute Gasteiger partial charge is 0.497 e. The van der Waals surface area contributed by atoms with Gasteiger partial charge in [0.2, 0.25) is 5.91 Å². The van der Waals surface area contributed by atoms with Crippen molar-refractivity contribution in [2.45, 2.75) is 38.3 Å². The predicted octanol–water partition coefficient (Wildman–Crippen LogP) is 2.93. The molecule has 0 spiro atoms. The van der Waals surface area contributed by atoms with Crippen molar-refractivity contribution in [3.8, 4) is 5.75 Å². The number of piperidine rings is 1. The maximum atomic E-state index is 11.6. The molecule has 1 aromatic heterocycles. The number of rotatable bonds is 4. The SMILES string of the molecule is COc1ccc2oc(CN3CCCC[C@@H]3[C@@H]3CNC(=O)C3)cc2c1. The van der Waals surface area contributed by atoms with Crippen LogP contribution in [-0.2, 0) is 11.3 Å². The van der Waals surface area contributed by atoms with Gasteiger partial charge in [-0.2, -0.15) is 0 Å². The van der Waals surface area contributed by atoms with E-state index in [-0.39, 0.29) is 5.91 Å². The lowest BCUT2D eigenvalue weighted by atomic mass is 9.89. The summed E-state index contributed by atoms with van der Waals surface area (Å²) in [6, 6.07) is 8.48. The standard InChI is InChI=1S/C19H24N2O3/c1-23-15-5-6-18-13(8-15)9-16(24-18)12-21-7-3-2-4-17(21)14-10-19(22)20-11-14/h5-6,8-9,14,17H,2-4,7,10-12H2,1H3,(H,20,22)/t14-,17+/m0/s1. The molecule has 0 unspecified atom stereocenters. The van der Waals surface area contributed by atoms with Crippen LogP contribution in [-0.4, -0.2) is 37.0 Å². The molecule has 1 aromatic carbocycles. The molecule has 3 heterocycles. The lowest BCUT2D eigenvalue weighted by molar-refractivity contribution is -0.119. The second-order valence-corrected chi connectivity index (χ2v) is 6.92. The molecule has 128 valence electrons. The summed E-state index contributed by atoms with van der Waals surface area (Å²) in [5.74, 6) is 2.47. The summed E-state index contributed by atoms with van der Waals surface area (Å²) >= 11 is 0. The van der Waals surface area contributed by atoms with E-state index in [1.165, 1.54) is 19.3 Å². The van der Waals surface area contributed by atoms with Crippen LogP contribution in [0.4, 0.5) is 0 Å². The quantitative estimate of drug-likeness (QED) is 0.937. The van der Waals surface area contributed by atoms with E-state index in [1.807, 2.05) is 18.2 Å². The maximum absolute atomic E-state index is 11.6. The summed E-state index contributed by atoms with van der Waals surface area (Å²) in [6.45, 7) is 2.71. The number of hydrogen-bond donors (Lipinski definition) is 1. The van der Waals surface area contributed by atoms with E-state index in [0.717, 1.165) is 42.1 Å². The Morgan fingerprint density at radius 1 is 1.33 bits per heavy atom. The molecular formula is C19H24N2O3. The van der Waals surface area contributed by atoms with E-state index in [1.54, 1.807) is 7.11 Å². The number of methoxy groups -OCH3 is 1. The maximum Gasteiger partial charge on any atom is 0.220 e. The Balaban J connectivity index is 1.52. The summed E-state index contributed by atoms with van der Waals surface area (Å²) in [7, 11) is 1.68. The van der Waals surface area contributed by atoms with Gasteiger partial charge in [-0.3, -0.25) is 9.69 Å². The van der Waals surface area contributed by atoms with Crippen LogP contribution in [0.5, 0.6) is 5.75 Å². The molecular weight excluding hydrogens is 304 g/mol. The van der Waals surface area contributed by atoms with E-state index in [2.05, 4.69) is 16.3 Å². The van der Waals surface area contributed by atoms with Gasteiger partial charge in [-0.05, 0) is 43.7 Å². The normalized spacial score (nSPS) is 25.1. The molecule has 2 atom stereocenters. The molecule has 2 saturated heterocycles. The summed E-state index contributed by atoms with van der Waals surface area (Å²) in [4.78, 5) is 14.1. The third kappa shape index (κ3) is 3.00. The fourth-order valence-electron chi connectivity index (χ4n) is 4.13. The predicted molar refractivity (Wildman–Crippen MR) is 91.9 cm³/mol. The summed E-state index contributed by atoms with van der Waals surface area (Å²) in [5.41, 5.74) is 0.900. The first-order valence-corrected chi connectivity index (χ1v) is 8.80. The van der Waals surface area contributed by atoms with Crippen LogP contribution >= 0.6 is 0 Å². The van der Waals surface area contributed by atoms with Gasteiger partial charge in [-0.15, -0.1) is 0 Å². The van der Waals surface area contributed by atoms with Crippen molar-refractivity contribution in [1.29, 1.82) is 0 Å². The molecule has 2 aliphatic heterocycles. The van der Waals surface area contributed by atoms with E-state index in [9.17, 15) is 4.79 Å². The average molecular weight is 328 g/mol. The first-order chi connectivity index (χ1) is 11.7. The van der Waals surface area contributed by atoms with Crippen molar-refractivity contribution in [2.75, 3.05) is 20.2 Å². The number of carbonyl (C=O) groups excluding carboxylic acids is 1. The van der Waals surface area contributed by atoms with Crippen LogP contribution in [0.3, 0.4) is 0 Å². The van der Waals surface area contributed by atoms with Gasteiger partial charge in [-0.1, -0.05) is 6.42 Å². The lowest BCUT2D eigenvalue weighted by Crippen LogP contribution is -2.44. The van der Waals surface area contributed by atoms with E-state index >= 15 is 0 Å². The molecule has 5 nitrogen and oxygen atoms in total. The van der Waals surface area contributed by atoms with Crippen molar-refractivity contribution in [1.82, 2.24) is 10.2 Å². The Bertz CT molecular complexity index is 739. The Morgan fingerprint density at radius 2 is 2.25 bits per heavy atom. The number of ether oxygens (including phenoxy) is 1. The fraction of sp³-hybridized carbons (Fsp3) is 0.526. The van der Waals surface area contributed by atoms with Crippen LogP contribution < -0.4 is 10.1 Å². The number of fused-ring (bicyclic) bond motifs is 1. The van der Waals surface area contributed by atoms with Crippen molar-refractivity contribution < 1.29 is 13.9 Å². The van der Waals surface area contributed by atoms with E-state index < -0.39 is 0 Å². The van der Waals surface area contributed by atoms with Crippen LogP contribution in [0.25, 0.3) is 11.0 Å². The Kier molecular flexibility index (Phi) is 4.19. The highest BCUT2D eigenvalue weighted by Gasteiger charge is 2.34. The van der Waals surface area contributed by atoms with Crippen molar-refractivity contribution in [3.05, 3.63) is 30.0 Å². The molecule has 1 N–H and O–H groups in total. The molecule has 4 rings (SSSR count). The molecule has 24 heavy (non-hydrogen) atoms. The Labute approximate surface area is 141 Å². The summed E-state index contributed by atoms with van der Waals surface area (Å²) in [5, 5.41) is 4.06. The third-order valence-corrected chi connectivity index (χ3v) is 5.35. The summed E-state index contributed by atoms with van der Waals surface area (Å²) < 4.78 is 11.3. The smallest absolute Gasteiger partial charge is 0.220 e. The highest BCUT2D eigenvalue weighted by molar-refractivity contribution is 5.79. The van der Waals surface area contributed by atoms with Gasteiger partial charge in [0, 0.05) is 30.3 Å². The van der Waals surface area contributed by atoms with Gasteiger partial charge < -0.3 is 14.5 Å². The highest BCUT2D eigenvalue weighted by Crippen LogP contribution is 2.30. The number of hydrogen-bond acceptors (Lipinski definition) is 4. The Hall–Kier alpha value is -2.01. The van der Waals surface area contributed by atoms with Gasteiger partial charge in [0.15, 0.2) is 0 Å². The van der Waals surface area contributed by atoms with Gasteiger partial charge in [0.25, 0.3) is 0 Å². The zero-order chi connectivity index (χ0) is 16.5. The molecule has 0 bridgehead atoms. The van der Waals surface area contributed by atoms with Crippen LogP contribution in [0.1, 0.15) is 31.4 Å². The summed E-state index contributed by atoms with van der Waals surface area (Å²) in [6.07, 6.45) is 4.31. The number of nitrogens with one attached hydrogen (secondary N) is 1. The second kappa shape index (κ2) is 6.48. The number of furan rings is 1. The average Bonchev–Trinajstić information content (AvgIpc) is 3.20. The van der Waals surface area contributed by atoms with Crippen LogP contribution in [0.2, 0.25) is 0 Å². The first kappa shape index (κ1) is 15.5. The third-order valence-electron chi connectivity index (χ3n) is 5.35. The first-order valence-electron chi connectivity index (χ1n) is 8.80. The molecule has 5 heteroatoms. The van der Waals surface area contributed by atoms with Crippen LogP contribution in [0.15, 0.2) is 28.7 Å². The minimum atomic E-state index is 0.196. The molecule has 2 aromatic rings. The molecule has 2 aliphatic rings. The second-order valence-electron chi connectivity index (χ2n) is 6.92. The van der Waals surface area contributed by atoms with Crippen molar-refractivity contribution in [3.63, 3.8) is 0 Å². The molecule has 1 amide bonds. The van der Waals surface area contributed by atoms with Gasteiger partial charge in [0.1, 0.15) is 17.1 Å². The zero-order valence-electron chi connectivity index (χ0n) is 14.1. The molecule has 0 aliphatic carbocycles. The van der Waals surface area contributed by atoms with Crippen molar-refractivity contribution >= 4 is 16.9 Å². The molecule has 2 fully saturated rings. The van der Waals surface area contributed by atoms with Gasteiger partial charge in [0.05, 0.1) is 13.7 Å². The molecule has 0 saturated carbocycles. The van der Waals surface area contributed by atoms with Gasteiger partial charge in [-0.25, -0.2) is 0 Å². The monoisotopic (exact) mass is 328 g/mol. The number of nitrogens with zero attached hydrogens (tertiary/aromatic N) is 1. The minimum absolute atomic E-state index is 0.196. The zero-order valence-corrected chi connectivity index (χ0v) is 14.1. The number of amides is 1. The Morgan fingerprint density at radius 3 is 3.04 bits per heavy atom. The number of carbonyl (C=O) groups is 1.